The highest BCUT2D eigenvalue weighted by molar-refractivity contribution is 5.96. The standard InChI is InChI=1S/C25H24FN7O3/c1-36-23-5-2-15(8-28-23)11-32-17-6-18(32)13-31(12-17)22-4-3-16(9-27-22)20-7-19(34)14-33-24(20)21(10-29-35)25(26)30-33/h2-5,7-10,14,17-18,34-35H,6,11-13H2,1H3/b29-10+. The van der Waals surface area contributed by atoms with Crippen LogP contribution in [0.1, 0.15) is 17.5 Å². The van der Waals surface area contributed by atoms with Crippen molar-refractivity contribution < 1.29 is 19.4 Å². The van der Waals surface area contributed by atoms with Crippen LogP contribution in [-0.4, -0.2) is 73.3 Å². The van der Waals surface area contributed by atoms with Crippen LogP contribution in [0.5, 0.6) is 11.6 Å². The normalized spacial score (nSPS) is 19.7. The number of ether oxygens (including phenoxy) is 1. The molecule has 7 heterocycles. The second kappa shape index (κ2) is 8.76. The molecule has 7 rings (SSSR count). The molecule has 0 aromatic carbocycles. The van der Waals surface area contributed by atoms with E-state index in [0.717, 1.165) is 31.7 Å². The van der Waals surface area contributed by atoms with Crippen molar-refractivity contribution in [1.82, 2.24) is 24.5 Å². The lowest BCUT2D eigenvalue weighted by Crippen LogP contribution is -2.68. The first-order valence-electron chi connectivity index (χ1n) is 11.6. The molecule has 3 saturated heterocycles. The molecule has 0 saturated carbocycles. The van der Waals surface area contributed by atoms with Crippen molar-refractivity contribution in [3.63, 3.8) is 0 Å². The molecule has 36 heavy (non-hydrogen) atoms. The SMILES string of the molecule is COc1ccc(CN2C3CC2CN(c2ccc(-c4cc(O)cn5nc(F)c(/C=N/O)c45)cn2)C3)cn1. The van der Waals surface area contributed by atoms with Crippen molar-refractivity contribution in [1.29, 1.82) is 0 Å². The summed E-state index contributed by atoms with van der Waals surface area (Å²) in [5.41, 5.74) is 2.78. The molecular formula is C25H24FN7O3. The lowest BCUT2D eigenvalue weighted by atomic mass is 9.87. The number of nitrogens with zero attached hydrogens (tertiary/aromatic N) is 7. The van der Waals surface area contributed by atoms with Crippen LogP contribution in [0.25, 0.3) is 16.6 Å². The molecule has 4 aromatic rings. The molecule has 0 radical (unpaired) electrons. The maximum atomic E-state index is 14.3. The minimum Gasteiger partial charge on any atom is -0.506 e. The average molecular weight is 490 g/mol. The second-order valence-corrected chi connectivity index (χ2v) is 9.09. The predicted octanol–water partition coefficient (Wildman–Crippen LogP) is 2.92. The number of rotatable bonds is 6. The first-order valence-corrected chi connectivity index (χ1v) is 11.6. The van der Waals surface area contributed by atoms with E-state index >= 15 is 0 Å². The number of pyridine rings is 3. The van der Waals surface area contributed by atoms with E-state index in [0.29, 0.717) is 34.6 Å². The van der Waals surface area contributed by atoms with Gasteiger partial charge in [-0.25, -0.2) is 14.5 Å². The fourth-order valence-corrected chi connectivity index (χ4v) is 5.25. The van der Waals surface area contributed by atoms with Crippen molar-refractivity contribution in [3.05, 3.63) is 66.0 Å². The Kier molecular flexibility index (Phi) is 5.41. The minimum atomic E-state index is -0.799. The molecule has 2 unspecified atom stereocenters. The number of halogens is 1. The van der Waals surface area contributed by atoms with Crippen molar-refractivity contribution in [2.24, 2.45) is 5.16 Å². The van der Waals surface area contributed by atoms with E-state index in [1.807, 2.05) is 24.4 Å². The van der Waals surface area contributed by atoms with E-state index in [9.17, 15) is 9.50 Å². The summed E-state index contributed by atoms with van der Waals surface area (Å²) < 4.78 is 20.7. The van der Waals surface area contributed by atoms with Crippen molar-refractivity contribution in [2.75, 3.05) is 25.1 Å². The minimum absolute atomic E-state index is 0.0276. The molecule has 2 atom stereocenters. The third-order valence-electron chi connectivity index (χ3n) is 6.99. The Bertz CT molecular complexity index is 1430. The maximum absolute atomic E-state index is 14.3. The van der Waals surface area contributed by atoms with Crippen LogP contribution in [0.2, 0.25) is 0 Å². The molecule has 0 amide bonds. The van der Waals surface area contributed by atoms with Gasteiger partial charge in [-0.15, -0.1) is 5.10 Å². The first kappa shape index (κ1) is 22.2. The zero-order chi connectivity index (χ0) is 24.8. The largest absolute Gasteiger partial charge is 0.506 e. The Balaban J connectivity index is 1.20. The summed E-state index contributed by atoms with van der Waals surface area (Å²) >= 11 is 0. The lowest BCUT2D eigenvalue weighted by Gasteiger charge is -2.56. The number of aromatic hydroxyl groups is 1. The smallest absolute Gasteiger partial charge is 0.242 e. The van der Waals surface area contributed by atoms with Crippen LogP contribution < -0.4 is 9.64 Å². The van der Waals surface area contributed by atoms with Crippen molar-refractivity contribution in [3.8, 4) is 22.8 Å². The molecule has 4 aromatic heterocycles. The molecular weight excluding hydrogens is 465 g/mol. The quantitative estimate of drug-likeness (QED) is 0.242. The fraction of sp³-hybridized carbons (Fsp3) is 0.280. The number of hydrogen-bond acceptors (Lipinski definition) is 9. The number of methoxy groups -OCH3 is 1. The molecule has 0 spiro atoms. The van der Waals surface area contributed by atoms with E-state index in [2.05, 4.69) is 36.1 Å². The van der Waals surface area contributed by atoms with Gasteiger partial charge in [-0.1, -0.05) is 11.2 Å². The van der Waals surface area contributed by atoms with Crippen LogP contribution >= 0.6 is 0 Å². The van der Waals surface area contributed by atoms with Crippen LogP contribution in [0.3, 0.4) is 0 Å². The van der Waals surface area contributed by atoms with Gasteiger partial charge in [0.05, 0.1) is 30.6 Å². The van der Waals surface area contributed by atoms with Gasteiger partial charge in [0, 0.05) is 61.3 Å². The number of hydrogen-bond donors (Lipinski definition) is 2. The molecule has 3 aliphatic rings. The highest BCUT2D eigenvalue weighted by atomic mass is 19.1. The fourth-order valence-electron chi connectivity index (χ4n) is 5.25. The Hall–Kier alpha value is -4.25. The second-order valence-electron chi connectivity index (χ2n) is 9.09. The van der Waals surface area contributed by atoms with Gasteiger partial charge in [-0.05, 0) is 30.2 Å². The van der Waals surface area contributed by atoms with Gasteiger partial charge >= 0.3 is 0 Å². The topological polar surface area (TPSA) is 112 Å². The number of piperazine rings is 1. The molecule has 3 aliphatic heterocycles. The average Bonchev–Trinajstić information content (AvgIpc) is 3.21. The Morgan fingerprint density at radius 1 is 1.17 bits per heavy atom. The van der Waals surface area contributed by atoms with Gasteiger partial charge in [0.15, 0.2) is 0 Å². The summed E-state index contributed by atoms with van der Waals surface area (Å²) in [5, 5.41) is 25.8. The van der Waals surface area contributed by atoms with Crippen LogP contribution in [0.4, 0.5) is 10.2 Å². The molecule has 11 heteroatoms. The van der Waals surface area contributed by atoms with Gasteiger partial charge in [-0.3, -0.25) is 4.90 Å². The maximum Gasteiger partial charge on any atom is 0.242 e. The summed E-state index contributed by atoms with van der Waals surface area (Å²) in [5.74, 6) is 0.615. The monoisotopic (exact) mass is 489 g/mol. The highest BCUT2D eigenvalue weighted by Crippen LogP contribution is 2.36. The molecule has 0 aliphatic carbocycles. The molecule has 2 N–H and O–H groups in total. The van der Waals surface area contributed by atoms with Gasteiger partial charge in [0.2, 0.25) is 11.8 Å². The Labute approximate surface area is 205 Å². The van der Waals surface area contributed by atoms with E-state index in [1.165, 1.54) is 28.8 Å². The number of oxime groups is 1. The Morgan fingerprint density at radius 2 is 2.00 bits per heavy atom. The summed E-state index contributed by atoms with van der Waals surface area (Å²) in [4.78, 5) is 13.8. The van der Waals surface area contributed by atoms with Crippen LogP contribution in [0, 0.1) is 5.95 Å². The first-order chi connectivity index (χ1) is 17.5. The van der Waals surface area contributed by atoms with E-state index in [-0.39, 0.29) is 11.3 Å². The summed E-state index contributed by atoms with van der Waals surface area (Å²) in [7, 11) is 1.61. The summed E-state index contributed by atoms with van der Waals surface area (Å²) in [6.45, 7) is 2.63. The van der Waals surface area contributed by atoms with E-state index < -0.39 is 5.95 Å². The molecule has 2 bridgehead atoms. The molecule has 10 nitrogen and oxygen atoms in total. The predicted molar refractivity (Wildman–Crippen MR) is 130 cm³/mol. The van der Waals surface area contributed by atoms with Crippen LogP contribution in [0.15, 0.2) is 54.1 Å². The number of anilines is 1. The molecule has 184 valence electrons. The zero-order valence-corrected chi connectivity index (χ0v) is 19.5. The van der Waals surface area contributed by atoms with E-state index in [1.54, 1.807) is 13.3 Å². The van der Waals surface area contributed by atoms with Crippen molar-refractivity contribution in [2.45, 2.75) is 25.0 Å². The number of piperidine rings is 1. The third kappa shape index (κ3) is 3.77. The van der Waals surface area contributed by atoms with Gasteiger partial charge in [-0.2, -0.15) is 4.39 Å². The lowest BCUT2D eigenvalue weighted by molar-refractivity contribution is -0.00876. The Morgan fingerprint density at radius 3 is 2.67 bits per heavy atom. The zero-order valence-electron chi connectivity index (χ0n) is 19.5. The highest BCUT2D eigenvalue weighted by Gasteiger charge is 2.44. The van der Waals surface area contributed by atoms with Gasteiger partial charge in [0.1, 0.15) is 11.6 Å². The van der Waals surface area contributed by atoms with Crippen LogP contribution in [-0.2, 0) is 6.54 Å². The summed E-state index contributed by atoms with van der Waals surface area (Å²) in [6.07, 6.45) is 7.03. The van der Waals surface area contributed by atoms with Crippen molar-refractivity contribution >= 4 is 17.5 Å². The number of aromatic nitrogens is 4. The van der Waals surface area contributed by atoms with E-state index in [4.69, 9.17) is 9.94 Å². The molecule has 3 fully saturated rings. The third-order valence-corrected chi connectivity index (χ3v) is 6.99. The van der Waals surface area contributed by atoms with Gasteiger partial charge in [0.25, 0.3) is 0 Å². The van der Waals surface area contributed by atoms with Gasteiger partial charge < -0.3 is 20.0 Å². The summed E-state index contributed by atoms with van der Waals surface area (Å²) in [6, 6.07) is 10.2. The number of fused-ring (bicyclic) bond motifs is 3.